The molecule has 0 radical (unpaired) electrons. The van der Waals surface area contributed by atoms with Crippen molar-refractivity contribution in [2.75, 3.05) is 0 Å². The zero-order valence-electron chi connectivity index (χ0n) is 10.3. The maximum Gasteiger partial charge on any atom is 0.159 e. The molecular weight excluding hydrogens is 334 g/mol. The fourth-order valence-corrected chi connectivity index (χ4v) is 2.87. The Bertz CT molecular complexity index is 578. The number of rotatable bonds is 3. The van der Waals surface area contributed by atoms with Crippen LogP contribution in [-0.4, -0.2) is 0 Å². The van der Waals surface area contributed by atoms with E-state index in [-0.39, 0.29) is 4.83 Å². The molecule has 2 rings (SSSR count). The van der Waals surface area contributed by atoms with Gasteiger partial charge in [-0.1, -0.05) is 39.7 Å². The number of halogens is 4. The highest BCUT2D eigenvalue weighted by molar-refractivity contribution is 9.09. The molecule has 0 aliphatic rings. The van der Waals surface area contributed by atoms with Crippen LogP contribution < -0.4 is 0 Å². The van der Waals surface area contributed by atoms with Gasteiger partial charge in [0.05, 0.1) is 0 Å². The molecule has 0 fully saturated rings. The summed E-state index contributed by atoms with van der Waals surface area (Å²) in [6, 6.07) is 9.72. The van der Waals surface area contributed by atoms with Crippen molar-refractivity contribution in [1.29, 1.82) is 0 Å². The van der Waals surface area contributed by atoms with Gasteiger partial charge in [0, 0.05) is 9.85 Å². The predicted octanol–water partition coefficient (Wildman–Crippen LogP) is 5.61. The number of alkyl halides is 1. The van der Waals surface area contributed by atoms with Crippen LogP contribution in [-0.2, 0) is 6.42 Å². The molecule has 2 aromatic rings. The van der Waals surface area contributed by atoms with Crippen molar-refractivity contribution in [3.05, 3.63) is 69.7 Å². The Hall–Kier alpha value is -0.930. The molecule has 0 saturated carbocycles. The minimum absolute atomic E-state index is 0.00904. The van der Waals surface area contributed by atoms with Gasteiger partial charge in [0.25, 0.3) is 0 Å². The Morgan fingerprint density at radius 3 is 2.47 bits per heavy atom. The van der Waals surface area contributed by atoms with Crippen molar-refractivity contribution in [3.8, 4) is 0 Å². The summed E-state index contributed by atoms with van der Waals surface area (Å²) >= 11 is 9.57. The van der Waals surface area contributed by atoms with Gasteiger partial charge in [-0.05, 0) is 54.3 Å². The Morgan fingerprint density at radius 2 is 1.84 bits per heavy atom. The van der Waals surface area contributed by atoms with Crippen molar-refractivity contribution in [3.63, 3.8) is 0 Å². The highest BCUT2D eigenvalue weighted by Gasteiger charge is 2.11. The van der Waals surface area contributed by atoms with Gasteiger partial charge in [-0.25, -0.2) is 8.78 Å². The number of hydrogen-bond donors (Lipinski definition) is 0. The molecule has 0 N–H and O–H groups in total. The van der Waals surface area contributed by atoms with Crippen molar-refractivity contribution >= 4 is 27.5 Å². The lowest BCUT2D eigenvalue weighted by atomic mass is 10.0. The van der Waals surface area contributed by atoms with E-state index in [1.807, 2.05) is 25.1 Å². The summed E-state index contributed by atoms with van der Waals surface area (Å²) in [4.78, 5) is 0.00904. The standard InChI is InChI=1S/C15H12BrClF2/c1-9-4-11(8-12(17)5-9)13(16)6-10-2-3-14(18)15(19)7-10/h2-5,7-8,13H,6H2,1H3. The molecule has 1 unspecified atom stereocenters. The third kappa shape index (κ3) is 3.77. The van der Waals surface area contributed by atoms with E-state index >= 15 is 0 Å². The molecule has 0 aliphatic heterocycles. The minimum atomic E-state index is -0.825. The van der Waals surface area contributed by atoms with Crippen molar-refractivity contribution in [2.24, 2.45) is 0 Å². The molecule has 0 aliphatic carbocycles. The van der Waals surface area contributed by atoms with Gasteiger partial charge >= 0.3 is 0 Å². The molecule has 100 valence electrons. The smallest absolute Gasteiger partial charge is 0.159 e. The fourth-order valence-electron chi connectivity index (χ4n) is 1.94. The van der Waals surface area contributed by atoms with Gasteiger partial charge in [0.15, 0.2) is 11.6 Å². The molecule has 19 heavy (non-hydrogen) atoms. The van der Waals surface area contributed by atoms with Gasteiger partial charge in [0.2, 0.25) is 0 Å². The van der Waals surface area contributed by atoms with Crippen molar-refractivity contribution in [2.45, 2.75) is 18.2 Å². The zero-order chi connectivity index (χ0) is 14.0. The first-order valence-electron chi connectivity index (χ1n) is 5.81. The van der Waals surface area contributed by atoms with Gasteiger partial charge in [-0.15, -0.1) is 0 Å². The third-order valence-electron chi connectivity index (χ3n) is 2.83. The number of aryl methyl sites for hydroxylation is 1. The van der Waals surface area contributed by atoms with E-state index in [1.54, 1.807) is 6.07 Å². The Balaban J connectivity index is 2.20. The van der Waals surface area contributed by atoms with Crippen LogP contribution in [0, 0.1) is 18.6 Å². The molecule has 2 aromatic carbocycles. The molecule has 0 aromatic heterocycles. The topological polar surface area (TPSA) is 0 Å². The van der Waals surface area contributed by atoms with E-state index < -0.39 is 11.6 Å². The lowest BCUT2D eigenvalue weighted by Crippen LogP contribution is -1.97. The summed E-state index contributed by atoms with van der Waals surface area (Å²) in [7, 11) is 0. The first kappa shape index (κ1) is 14.5. The summed E-state index contributed by atoms with van der Waals surface area (Å²) in [5.74, 6) is -1.65. The third-order valence-corrected chi connectivity index (χ3v) is 3.90. The lowest BCUT2D eigenvalue weighted by molar-refractivity contribution is 0.507. The highest BCUT2D eigenvalue weighted by atomic mass is 79.9. The highest BCUT2D eigenvalue weighted by Crippen LogP contribution is 2.30. The average molecular weight is 346 g/mol. The molecule has 0 spiro atoms. The van der Waals surface area contributed by atoms with E-state index in [4.69, 9.17) is 11.6 Å². The van der Waals surface area contributed by atoms with Crippen LogP contribution in [0.25, 0.3) is 0 Å². The average Bonchev–Trinajstić information content (AvgIpc) is 2.32. The Labute approximate surface area is 124 Å². The summed E-state index contributed by atoms with van der Waals surface area (Å²) < 4.78 is 26.0. The second-order valence-electron chi connectivity index (χ2n) is 4.48. The zero-order valence-corrected chi connectivity index (χ0v) is 12.6. The first-order chi connectivity index (χ1) is 8.95. The van der Waals surface area contributed by atoms with Crippen molar-refractivity contribution in [1.82, 2.24) is 0 Å². The fraction of sp³-hybridized carbons (Fsp3) is 0.200. The SMILES string of the molecule is Cc1cc(Cl)cc(C(Br)Cc2ccc(F)c(F)c2)c1. The normalized spacial score (nSPS) is 12.5. The molecule has 0 nitrogen and oxygen atoms in total. The minimum Gasteiger partial charge on any atom is -0.204 e. The maximum atomic E-state index is 13.1. The van der Waals surface area contributed by atoms with Gasteiger partial charge < -0.3 is 0 Å². The van der Waals surface area contributed by atoms with E-state index in [1.165, 1.54) is 6.07 Å². The molecule has 0 saturated heterocycles. The van der Waals surface area contributed by atoms with Gasteiger partial charge in [-0.3, -0.25) is 0 Å². The molecular formula is C15H12BrClF2. The van der Waals surface area contributed by atoms with Gasteiger partial charge in [-0.2, -0.15) is 0 Å². The monoisotopic (exact) mass is 344 g/mol. The quantitative estimate of drug-likeness (QED) is 0.635. The van der Waals surface area contributed by atoms with Crippen LogP contribution in [0.15, 0.2) is 36.4 Å². The van der Waals surface area contributed by atoms with E-state index in [0.717, 1.165) is 22.8 Å². The summed E-state index contributed by atoms with van der Waals surface area (Å²) in [5, 5.41) is 0.671. The second kappa shape index (κ2) is 6.02. The first-order valence-corrected chi connectivity index (χ1v) is 7.10. The lowest BCUT2D eigenvalue weighted by Gasteiger charge is -2.12. The Morgan fingerprint density at radius 1 is 1.11 bits per heavy atom. The summed E-state index contributed by atoms with van der Waals surface area (Å²) in [5.41, 5.74) is 2.82. The maximum absolute atomic E-state index is 13.1. The van der Waals surface area contributed by atoms with Crippen LogP contribution in [0.2, 0.25) is 5.02 Å². The Kier molecular flexibility index (Phi) is 4.58. The largest absolute Gasteiger partial charge is 0.204 e. The van der Waals surface area contributed by atoms with E-state index in [2.05, 4.69) is 15.9 Å². The summed E-state index contributed by atoms with van der Waals surface area (Å²) in [6.07, 6.45) is 0.566. The number of hydrogen-bond acceptors (Lipinski definition) is 0. The van der Waals surface area contributed by atoms with Crippen LogP contribution in [0.5, 0.6) is 0 Å². The molecule has 1 atom stereocenters. The van der Waals surface area contributed by atoms with Gasteiger partial charge in [0.1, 0.15) is 0 Å². The van der Waals surface area contributed by atoms with E-state index in [0.29, 0.717) is 11.4 Å². The summed E-state index contributed by atoms with van der Waals surface area (Å²) in [6.45, 7) is 1.96. The molecule has 0 bridgehead atoms. The van der Waals surface area contributed by atoms with E-state index in [9.17, 15) is 8.78 Å². The second-order valence-corrected chi connectivity index (χ2v) is 6.02. The van der Waals surface area contributed by atoms with Crippen LogP contribution in [0.1, 0.15) is 21.5 Å². The van der Waals surface area contributed by atoms with Crippen LogP contribution >= 0.6 is 27.5 Å². The van der Waals surface area contributed by atoms with Crippen LogP contribution in [0.3, 0.4) is 0 Å². The molecule has 0 heterocycles. The van der Waals surface area contributed by atoms with Crippen molar-refractivity contribution < 1.29 is 8.78 Å². The molecule has 4 heteroatoms. The van der Waals surface area contributed by atoms with Crippen LogP contribution in [0.4, 0.5) is 8.78 Å². The molecule has 0 amide bonds. The predicted molar refractivity (Wildman–Crippen MR) is 77.9 cm³/mol. The number of benzene rings is 2.